The highest BCUT2D eigenvalue weighted by Gasteiger charge is 2.21. The minimum atomic E-state index is 0.232. The molecule has 1 aliphatic rings. The fourth-order valence-corrected chi connectivity index (χ4v) is 2.71. The van der Waals surface area contributed by atoms with Gasteiger partial charge in [0.2, 0.25) is 0 Å². The summed E-state index contributed by atoms with van der Waals surface area (Å²) in [6, 6.07) is 11.4. The summed E-state index contributed by atoms with van der Waals surface area (Å²) in [6.07, 6.45) is 3.83. The number of aromatic hydroxyl groups is 1. The van der Waals surface area contributed by atoms with Crippen LogP contribution in [0.4, 0.5) is 0 Å². The summed E-state index contributed by atoms with van der Waals surface area (Å²) in [7, 11) is 0. The van der Waals surface area contributed by atoms with Crippen molar-refractivity contribution in [1.82, 2.24) is 15.2 Å². The van der Waals surface area contributed by atoms with Crippen molar-refractivity contribution >= 4 is 11.0 Å². The van der Waals surface area contributed by atoms with Crippen LogP contribution in [0.3, 0.4) is 0 Å². The largest absolute Gasteiger partial charge is 0.507 e. The summed E-state index contributed by atoms with van der Waals surface area (Å²) >= 11 is 0. The van der Waals surface area contributed by atoms with Gasteiger partial charge in [-0.05, 0) is 43.0 Å². The fraction of sp³-hybridized carbons (Fsp3) is 0.250. The van der Waals surface area contributed by atoms with Gasteiger partial charge in [0.05, 0.1) is 5.69 Å². The normalized spacial score (nSPS) is 15.4. The number of nitrogens with one attached hydrogen (secondary N) is 1. The molecule has 4 heteroatoms. The molecule has 0 amide bonds. The van der Waals surface area contributed by atoms with Crippen LogP contribution in [-0.2, 0) is 0 Å². The number of phenolic OH excluding ortho intramolecular Hbond substituents is 1. The Bertz CT molecular complexity index is 774. The van der Waals surface area contributed by atoms with Crippen LogP contribution in [0, 0.1) is 0 Å². The van der Waals surface area contributed by atoms with Gasteiger partial charge in [0.1, 0.15) is 5.75 Å². The van der Waals surface area contributed by atoms with Crippen molar-refractivity contribution in [3.63, 3.8) is 0 Å². The van der Waals surface area contributed by atoms with Crippen LogP contribution in [0.15, 0.2) is 36.4 Å². The van der Waals surface area contributed by atoms with E-state index >= 15 is 0 Å². The van der Waals surface area contributed by atoms with Crippen molar-refractivity contribution in [2.45, 2.75) is 25.2 Å². The molecule has 4 nitrogen and oxygen atoms in total. The first-order chi connectivity index (χ1) is 9.81. The first-order valence-electron chi connectivity index (χ1n) is 6.96. The highest BCUT2D eigenvalue weighted by Crippen LogP contribution is 2.37. The molecule has 0 atom stereocenters. The zero-order valence-electron chi connectivity index (χ0n) is 11.0. The molecule has 0 spiro atoms. The van der Waals surface area contributed by atoms with Gasteiger partial charge in [-0.3, -0.25) is 0 Å². The first-order valence-corrected chi connectivity index (χ1v) is 6.96. The number of para-hydroxylation sites is 1. The van der Waals surface area contributed by atoms with E-state index in [9.17, 15) is 5.11 Å². The predicted molar refractivity (Wildman–Crippen MR) is 77.6 cm³/mol. The van der Waals surface area contributed by atoms with Gasteiger partial charge in [-0.2, -0.15) is 0 Å². The Morgan fingerprint density at radius 2 is 1.95 bits per heavy atom. The number of hydrogen-bond donors (Lipinski definition) is 2. The quantitative estimate of drug-likeness (QED) is 0.744. The lowest BCUT2D eigenvalue weighted by Crippen LogP contribution is -2.08. The Hall–Kier alpha value is -2.36. The summed E-state index contributed by atoms with van der Waals surface area (Å²) in [5, 5.41) is 19.4. The Morgan fingerprint density at radius 1 is 1.10 bits per heavy atom. The number of H-pyrrole nitrogens is 1. The van der Waals surface area contributed by atoms with Crippen molar-refractivity contribution in [2.75, 3.05) is 0 Å². The number of rotatable bonds is 2. The van der Waals surface area contributed by atoms with E-state index in [-0.39, 0.29) is 5.75 Å². The van der Waals surface area contributed by atoms with E-state index < -0.39 is 0 Å². The molecule has 1 saturated carbocycles. The lowest BCUT2D eigenvalue weighted by Gasteiger charge is -2.23. The Balaban J connectivity index is 1.80. The topological polar surface area (TPSA) is 61.8 Å². The van der Waals surface area contributed by atoms with Crippen LogP contribution in [0.1, 0.15) is 30.9 Å². The number of hydrogen-bond acceptors (Lipinski definition) is 3. The maximum Gasteiger partial charge on any atom is 0.160 e. The van der Waals surface area contributed by atoms with Gasteiger partial charge in [0.25, 0.3) is 0 Å². The number of fused-ring (bicyclic) bond motifs is 1. The van der Waals surface area contributed by atoms with E-state index in [4.69, 9.17) is 0 Å². The molecule has 4 rings (SSSR count). The second-order valence-corrected chi connectivity index (χ2v) is 5.40. The van der Waals surface area contributed by atoms with Gasteiger partial charge in [0.15, 0.2) is 5.65 Å². The molecule has 0 bridgehead atoms. The Morgan fingerprint density at radius 3 is 2.70 bits per heavy atom. The van der Waals surface area contributed by atoms with Gasteiger partial charge in [-0.25, -0.2) is 0 Å². The standard InChI is InChI=1S/C16H15N3O/c20-15-7-2-1-6-12(15)14-9-11-8-13(10-4-3-5-10)17-16(11)19-18-14/h1-2,6-10,20H,3-5H2,(H,17,19). The van der Waals surface area contributed by atoms with Crippen LogP contribution in [0.5, 0.6) is 5.75 Å². The zero-order chi connectivity index (χ0) is 13.5. The third kappa shape index (κ3) is 1.76. The number of aromatic amines is 1. The number of nitrogens with zero attached hydrogens (tertiary/aromatic N) is 2. The van der Waals surface area contributed by atoms with Crippen molar-refractivity contribution in [1.29, 1.82) is 0 Å². The van der Waals surface area contributed by atoms with Crippen LogP contribution in [0.25, 0.3) is 22.3 Å². The van der Waals surface area contributed by atoms with Crippen LogP contribution < -0.4 is 0 Å². The van der Waals surface area contributed by atoms with Crippen molar-refractivity contribution in [3.05, 3.63) is 42.1 Å². The number of aromatic nitrogens is 3. The van der Waals surface area contributed by atoms with E-state index in [2.05, 4.69) is 21.2 Å². The SMILES string of the molecule is Oc1ccccc1-c1cc2cc(C3CCC3)[nH]c2nn1. The molecule has 2 aromatic heterocycles. The third-order valence-corrected chi connectivity index (χ3v) is 4.12. The molecule has 20 heavy (non-hydrogen) atoms. The minimum absolute atomic E-state index is 0.232. The summed E-state index contributed by atoms with van der Waals surface area (Å²) in [6.45, 7) is 0. The van der Waals surface area contributed by atoms with E-state index in [1.807, 2.05) is 18.2 Å². The molecule has 0 unspecified atom stereocenters. The molecular weight excluding hydrogens is 250 g/mol. The molecule has 0 aliphatic heterocycles. The molecular formula is C16H15N3O. The average Bonchev–Trinajstić information content (AvgIpc) is 2.79. The summed E-state index contributed by atoms with van der Waals surface area (Å²) in [5.41, 5.74) is 3.50. The number of phenols is 1. The molecule has 0 radical (unpaired) electrons. The van der Waals surface area contributed by atoms with Gasteiger partial charge < -0.3 is 10.1 Å². The predicted octanol–water partition coefficient (Wildman–Crippen LogP) is 3.60. The minimum Gasteiger partial charge on any atom is -0.507 e. The van der Waals surface area contributed by atoms with Crippen molar-refractivity contribution in [3.8, 4) is 17.0 Å². The van der Waals surface area contributed by atoms with Crippen molar-refractivity contribution in [2.24, 2.45) is 0 Å². The summed E-state index contributed by atoms with van der Waals surface area (Å²) in [4.78, 5) is 3.35. The van der Waals surface area contributed by atoms with E-state index in [0.29, 0.717) is 17.2 Å². The Labute approximate surface area is 116 Å². The van der Waals surface area contributed by atoms with E-state index in [1.165, 1.54) is 25.0 Å². The maximum absolute atomic E-state index is 9.90. The fourth-order valence-electron chi connectivity index (χ4n) is 2.71. The second-order valence-electron chi connectivity index (χ2n) is 5.40. The zero-order valence-corrected chi connectivity index (χ0v) is 11.0. The average molecular weight is 265 g/mol. The first kappa shape index (κ1) is 11.5. The molecule has 0 saturated heterocycles. The molecule has 3 aromatic rings. The van der Waals surface area contributed by atoms with Crippen LogP contribution in [-0.4, -0.2) is 20.3 Å². The smallest absolute Gasteiger partial charge is 0.160 e. The second kappa shape index (κ2) is 4.34. The molecule has 100 valence electrons. The summed E-state index contributed by atoms with van der Waals surface area (Å²) < 4.78 is 0. The van der Waals surface area contributed by atoms with Crippen LogP contribution in [0.2, 0.25) is 0 Å². The lowest BCUT2D eigenvalue weighted by molar-refractivity contribution is 0.413. The molecule has 1 fully saturated rings. The third-order valence-electron chi connectivity index (χ3n) is 4.12. The lowest BCUT2D eigenvalue weighted by atomic mass is 9.83. The maximum atomic E-state index is 9.90. The Kier molecular flexibility index (Phi) is 2.49. The van der Waals surface area contributed by atoms with Crippen LogP contribution >= 0.6 is 0 Å². The van der Waals surface area contributed by atoms with E-state index in [1.54, 1.807) is 12.1 Å². The van der Waals surface area contributed by atoms with Gasteiger partial charge in [-0.1, -0.05) is 18.6 Å². The number of benzene rings is 1. The highest BCUT2D eigenvalue weighted by atomic mass is 16.3. The van der Waals surface area contributed by atoms with Crippen molar-refractivity contribution < 1.29 is 5.11 Å². The molecule has 1 aromatic carbocycles. The monoisotopic (exact) mass is 265 g/mol. The highest BCUT2D eigenvalue weighted by molar-refractivity contribution is 5.81. The molecule has 1 aliphatic carbocycles. The van der Waals surface area contributed by atoms with Gasteiger partial charge in [0, 0.05) is 16.6 Å². The molecule has 2 heterocycles. The summed E-state index contributed by atoms with van der Waals surface area (Å²) in [5.74, 6) is 0.883. The van der Waals surface area contributed by atoms with Gasteiger partial charge >= 0.3 is 0 Å². The van der Waals surface area contributed by atoms with Gasteiger partial charge in [-0.15, -0.1) is 10.2 Å². The van der Waals surface area contributed by atoms with E-state index in [0.717, 1.165) is 11.0 Å². The molecule has 2 N–H and O–H groups in total.